The number of methoxy groups -OCH3 is 1. The molecule has 160 valence electrons. The Kier molecular flexibility index (Phi) is 8.95. The Morgan fingerprint density at radius 1 is 1.07 bits per heavy atom. The fraction of sp³-hybridized carbons (Fsp3) is 0.591. The van der Waals surface area contributed by atoms with Crippen molar-refractivity contribution in [3.8, 4) is 0 Å². The summed E-state index contributed by atoms with van der Waals surface area (Å²) in [6.07, 6.45) is 3.52. The molecule has 1 amide bonds. The highest BCUT2D eigenvalue weighted by molar-refractivity contribution is 5.69. The van der Waals surface area contributed by atoms with E-state index < -0.39 is 0 Å². The lowest BCUT2D eigenvalue weighted by Crippen LogP contribution is -2.56. The van der Waals surface area contributed by atoms with Gasteiger partial charge in [0.15, 0.2) is 0 Å². The topological polar surface area (TPSA) is 66.5 Å². The van der Waals surface area contributed by atoms with Gasteiger partial charge >= 0.3 is 6.09 Å². The molecule has 1 fully saturated rings. The van der Waals surface area contributed by atoms with E-state index in [4.69, 9.17) is 23.7 Å². The number of amides is 1. The van der Waals surface area contributed by atoms with Crippen LogP contribution in [0.5, 0.6) is 0 Å². The molecule has 0 saturated carbocycles. The van der Waals surface area contributed by atoms with Crippen molar-refractivity contribution < 1.29 is 28.5 Å². The van der Waals surface area contributed by atoms with Crippen molar-refractivity contribution >= 4 is 6.09 Å². The molecule has 0 aromatic heterocycles. The van der Waals surface area contributed by atoms with Gasteiger partial charge in [-0.05, 0) is 18.4 Å². The molecule has 1 aromatic rings. The van der Waals surface area contributed by atoms with Gasteiger partial charge in [-0.1, -0.05) is 42.0 Å². The molecule has 1 aromatic carbocycles. The van der Waals surface area contributed by atoms with Crippen LogP contribution in [-0.2, 0) is 30.3 Å². The zero-order chi connectivity index (χ0) is 20.3. The number of morpholine rings is 1. The Bertz CT molecular complexity index is 650. The summed E-state index contributed by atoms with van der Waals surface area (Å²) in [5.41, 5.74) is 2.30. The van der Waals surface area contributed by atoms with Gasteiger partial charge in [0.05, 0.1) is 58.3 Å². The van der Waals surface area contributed by atoms with Gasteiger partial charge in [-0.2, -0.15) is 0 Å². The number of benzene rings is 1. The third-order valence-corrected chi connectivity index (χ3v) is 5.06. The van der Waals surface area contributed by atoms with Gasteiger partial charge in [-0.15, -0.1) is 0 Å². The SMILES string of the molecule is COCCOCCOCCC1=CC2COCC(C1)N2C(=O)OCc1ccccc1. The van der Waals surface area contributed by atoms with Gasteiger partial charge in [-0.25, -0.2) is 4.79 Å². The van der Waals surface area contributed by atoms with E-state index in [1.807, 2.05) is 35.2 Å². The van der Waals surface area contributed by atoms with Crippen LogP contribution in [0.15, 0.2) is 42.0 Å². The van der Waals surface area contributed by atoms with Gasteiger partial charge < -0.3 is 23.7 Å². The summed E-state index contributed by atoms with van der Waals surface area (Å²) in [6, 6.07) is 9.68. The van der Waals surface area contributed by atoms with Crippen molar-refractivity contribution in [1.29, 1.82) is 0 Å². The van der Waals surface area contributed by atoms with E-state index in [0.717, 1.165) is 18.4 Å². The Balaban J connectivity index is 1.42. The molecule has 0 aliphatic carbocycles. The van der Waals surface area contributed by atoms with Crippen LogP contribution in [0.1, 0.15) is 18.4 Å². The average Bonchev–Trinajstić information content (AvgIpc) is 2.74. The predicted molar refractivity (Wildman–Crippen MR) is 108 cm³/mol. The standard InChI is InChI=1S/C22H31NO6/c1-25-9-10-27-12-11-26-8-7-19-13-20-16-28-17-21(14-19)23(20)22(24)29-15-18-5-3-2-4-6-18/h2-6,13,20-21H,7-12,14-17H2,1H3. The zero-order valence-electron chi connectivity index (χ0n) is 17.1. The fourth-order valence-electron chi connectivity index (χ4n) is 3.62. The molecule has 0 spiro atoms. The molecule has 1 saturated heterocycles. The van der Waals surface area contributed by atoms with E-state index in [1.165, 1.54) is 5.57 Å². The predicted octanol–water partition coefficient (Wildman–Crippen LogP) is 2.79. The van der Waals surface area contributed by atoms with Gasteiger partial charge in [0.1, 0.15) is 6.61 Å². The van der Waals surface area contributed by atoms with Crippen LogP contribution >= 0.6 is 0 Å². The maximum Gasteiger partial charge on any atom is 0.411 e. The lowest BCUT2D eigenvalue weighted by Gasteiger charge is -2.43. The van der Waals surface area contributed by atoms with Crippen LogP contribution in [0.2, 0.25) is 0 Å². The number of hydrogen-bond donors (Lipinski definition) is 0. The summed E-state index contributed by atoms with van der Waals surface area (Å²) in [6.45, 7) is 4.32. The van der Waals surface area contributed by atoms with Crippen molar-refractivity contribution in [2.24, 2.45) is 0 Å². The highest BCUT2D eigenvalue weighted by Gasteiger charge is 2.38. The minimum absolute atomic E-state index is 0.0226. The molecule has 3 rings (SSSR count). The summed E-state index contributed by atoms with van der Waals surface area (Å²) in [5, 5.41) is 0. The number of nitrogens with zero attached hydrogens (tertiary/aromatic N) is 1. The molecule has 7 nitrogen and oxygen atoms in total. The molecule has 2 aliphatic heterocycles. The number of carbonyl (C=O) groups is 1. The molecule has 2 atom stereocenters. The van der Waals surface area contributed by atoms with Crippen LogP contribution in [-0.4, -0.2) is 76.4 Å². The first-order valence-corrected chi connectivity index (χ1v) is 10.2. The first-order valence-electron chi connectivity index (χ1n) is 10.2. The van der Waals surface area contributed by atoms with E-state index in [0.29, 0.717) is 46.2 Å². The van der Waals surface area contributed by atoms with Gasteiger partial charge in [0.25, 0.3) is 0 Å². The second-order valence-electron chi connectivity index (χ2n) is 7.20. The molecule has 0 N–H and O–H groups in total. The maximum atomic E-state index is 12.7. The third-order valence-electron chi connectivity index (χ3n) is 5.06. The lowest BCUT2D eigenvalue weighted by atomic mass is 9.93. The molecule has 2 heterocycles. The summed E-state index contributed by atoms with van der Waals surface area (Å²) in [5.74, 6) is 0. The molecule has 29 heavy (non-hydrogen) atoms. The highest BCUT2D eigenvalue weighted by Crippen LogP contribution is 2.29. The number of hydrogen-bond acceptors (Lipinski definition) is 6. The van der Waals surface area contributed by atoms with Crippen molar-refractivity contribution in [3.05, 3.63) is 47.5 Å². The first-order chi connectivity index (χ1) is 14.3. The molecule has 2 unspecified atom stereocenters. The molecular weight excluding hydrogens is 374 g/mol. The van der Waals surface area contributed by atoms with Gasteiger partial charge in [-0.3, -0.25) is 4.90 Å². The van der Waals surface area contributed by atoms with E-state index >= 15 is 0 Å². The van der Waals surface area contributed by atoms with Gasteiger partial charge in [0.2, 0.25) is 0 Å². The van der Waals surface area contributed by atoms with Crippen LogP contribution in [0.4, 0.5) is 4.79 Å². The van der Waals surface area contributed by atoms with E-state index in [1.54, 1.807) is 7.11 Å². The monoisotopic (exact) mass is 405 g/mol. The van der Waals surface area contributed by atoms with Crippen molar-refractivity contribution in [2.75, 3.05) is 53.4 Å². The molecule has 2 bridgehead atoms. The Morgan fingerprint density at radius 2 is 1.83 bits per heavy atom. The fourth-order valence-corrected chi connectivity index (χ4v) is 3.62. The number of fused-ring (bicyclic) bond motifs is 2. The minimum atomic E-state index is -0.271. The molecule has 7 heteroatoms. The highest BCUT2D eigenvalue weighted by atomic mass is 16.6. The third kappa shape index (κ3) is 6.82. The minimum Gasteiger partial charge on any atom is -0.445 e. The normalized spacial score (nSPS) is 21.0. The van der Waals surface area contributed by atoms with Crippen LogP contribution in [0.25, 0.3) is 0 Å². The Labute approximate surface area is 172 Å². The van der Waals surface area contributed by atoms with Crippen molar-refractivity contribution in [3.63, 3.8) is 0 Å². The summed E-state index contributed by atoms with van der Waals surface area (Å²) < 4.78 is 27.2. The molecule has 2 aliphatic rings. The lowest BCUT2D eigenvalue weighted by molar-refractivity contribution is -0.0380. The maximum absolute atomic E-state index is 12.7. The van der Waals surface area contributed by atoms with E-state index in [-0.39, 0.29) is 24.8 Å². The van der Waals surface area contributed by atoms with E-state index in [2.05, 4.69) is 6.08 Å². The number of rotatable bonds is 11. The number of ether oxygens (including phenoxy) is 5. The van der Waals surface area contributed by atoms with Crippen molar-refractivity contribution in [2.45, 2.75) is 31.5 Å². The Morgan fingerprint density at radius 3 is 2.59 bits per heavy atom. The quantitative estimate of drug-likeness (QED) is 0.417. The molecule has 0 radical (unpaired) electrons. The molecular formula is C22H31NO6. The average molecular weight is 405 g/mol. The first kappa shape index (κ1) is 21.8. The number of carbonyl (C=O) groups excluding carboxylic acids is 1. The Hall–Kier alpha value is -1.93. The summed E-state index contributed by atoms with van der Waals surface area (Å²) >= 11 is 0. The summed E-state index contributed by atoms with van der Waals surface area (Å²) in [4.78, 5) is 14.5. The van der Waals surface area contributed by atoms with Crippen molar-refractivity contribution in [1.82, 2.24) is 4.90 Å². The second-order valence-corrected chi connectivity index (χ2v) is 7.20. The largest absolute Gasteiger partial charge is 0.445 e. The van der Waals surface area contributed by atoms with Crippen LogP contribution in [0, 0.1) is 0 Å². The zero-order valence-corrected chi connectivity index (χ0v) is 17.1. The smallest absolute Gasteiger partial charge is 0.411 e. The summed E-state index contributed by atoms with van der Waals surface area (Å²) in [7, 11) is 1.66. The van der Waals surface area contributed by atoms with Crippen LogP contribution in [0.3, 0.4) is 0 Å². The second kappa shape index (κ2) is 11.9. The van der Waals surface area contributed by atoms with Crippen LogP contribution < -0.4 is 0 Å². The van der Waals surface area contributed by atoms with Gasteiger partial charge in [0, 0.05) is 7.11 Å². The van der Waals surface area contributed by atoms with E-state index in [9.17, 15) is 4.79 Å².